The fourth-order valence-electron chi connectivity index (χ4n) is 2.30. The van der Waals surface area contributed by atoms with E-state index in [0.717, 1.165) is 5.56 Å². The zero-order chi connectivity index (χ0) is 16.2. The van der Waals surface area contributed by atoms with Gasteiger partial charge in [0.2, 0.25) is 0 Å². The van der Waals surface area contributed by atoms with E-state index < -0.39 is 13.7 Å². The Morgan fingerprint density at radius 2 is 1.86 bits per heavy atom. The number of nitrogens with zero attached hydrogens (tertiary/aromatic N) is 1. The standard InChI is InChI=1S/C15H20NO5P/c1-4-20-22(18,21-5-2)16-11-13(15(17)19-3)10-12-8-6-7-9-14(12)16/h6-10H,4-5,11H2,1-3H3. The predicted molar refractivity (Wildman–Crippen MR) is 84.6 cm³/mol. The maximum absolute atomic E-state index is 13.1. The van der Waals surface area contributed by atoms with Gasteiger partial charge in [-0.05, 0) is 31.6 Å². The van der Waals surface area contributed by atoms with Crippen molar-refractivity contribution in [2.24, 2.45) is 0 Å². The molecule has 2 rings (SSSR count). The van der Waals surface area contributed by atoms with Crippen molar-refractivity contribution in [2.75, 3.05) is 31.5 Å². The highest BCUT2D eigenvalue weighted by atomic mass is 31.2. The molecule has 7 heteroatoms. The average Bonchev–Trinajstić information content (AvgIpc) is 2.53. The number of hydrogen-bond donors (Lipinski definition) is 0. The monoisotopic (exact) mass is 325 g/mol. The minimum absolute atomic E-state index is 0.112. The van der Waals surface area contributed by atoms with Crippen LogP contribution in [0.15, 0.2) is 29.8 Å². The van der Waals surface area contributed by atoms with Crippen LogP contribution in [0.5, 0.6) is 0 Å². The van der Waals surface area contributed by atoms with Crippen LogP contribution in [0.2, 0.25) is 0 Å². The van der Waals surface area contributed by atoms with Crippen molar-refractivity contribution >= 4 is 25.5 Å². The number of benzene rings is 1. The average molecular weight is 325 g/mol. The quantitative estimate of drug-likeness (QED) is 0.591. The van der Waals surface area contributed by atoms with E-state index in [1.54, 1.807) is 19.9 Å². The molecule has 0 amide bonds. The second kappa shape index (κ2) is 7.09. The van der Waals surface area contributed by atoms with Crippen molar-refractivity contribution < 1.29 is 23.1 Å². The third-order valence-corrected chi connectivity index (χ3v) is 5.31. The third kappa shape index (κ3) is 3.24. The van der Waals surface area contributed by atoms with Gasteiger partial charge in [0.05, 0.1) is 38.1 Å². The highest BCUT2D eigenvalue weighted by molar-refractivity contribution is 7.55. The molecule has 0 saturated carbocycles. The molecule has 1 aliphatic heterocycles. The lowest BCUT2D eigenvalue weighted by molar-refractivity contribution is -0.136. The summed E-state index contributed by atoms with van der Waals surface area (Å²) >= 11 is 0. The van der Waals surface area contributed by atoms with Crippen molar-refractivity contribution in [1.29, 1.82) is 0 Å². The van der Waals surface area contributed by atoms with Crippen molar-refractivity contribution in [1.82, 2.24) is 0 Å². The maximum atomic E-state index is 13.1. The fraction of sp³-hybridized carbons (Fsp3) is 0.400. The highest BCUT2D eigenvalue weighted by Gasteiger charge is 2.38. The number of esters is 1. The van der Waals surface area contributed by atoms with Gasteiger partial charge in [-0.25, -0.2) is 9.36 Å². The number of carbonyl (C=O) groups excluding carboxylic acids is 1. The summed E-state index contributed by atoms with van der Waals surface area (Å²) in [6, 6.07) is 7.35. The smallest absolute Gasteiger partial charge is 0.435 e. The van der Waals surface area contributed by atoms with Crippen LogP contribution in [0.25, 0.3) is 6.08 Å². The van der Waals surface area contributed by atoms with Crippen LogP contribution in [-0.4, -0.2) is 32.8 Å². The van der Waals surface area contributed by atoms with E-state index in [0.29, 0.717) is 11.3 Å². The molecule has 0 aromatic heterocycles. The lowest BCUT2D eigenvalue weighted by atomic mass is 10.0. The van der Waals surface area contributed by atoms with Crippen LogP contribution in [-0.2, 0) is 23.1 Å². The Kier molecular flexibility index (Phi) is 5.40. The molecule has 1 heterocycles. The molecule has 1 aliphatic rings. The van der Waals surface area contributed by atoms with Crippen molar-refractivity contribution in [3.05, 3.63) is 35.4 Å². The Morgan fingerprint density at radius 3 is 2.45 bits per heavy atom. The normalized spacial score (nSPS) is 14.3. The number of rotatable bonds is 6. The Hall–Kier alpha value is -1.62. The molecule has 0 saturated heterocycles. The van der Waals surface area contributed by atoms with E-state index in [1.807, 2.05) is 24.3 Å². The molecule has 0 aliphatic carbocycles. The highest BCUT2D eigenvalue weighted by Crippen LogP contribution is 2.56. The molecule has 0 spiro atoms. The van der Waals surface area contributed by atoms with Crippen molar-refractivity contribution in [2.45, 2.75) is 13.8 Å². The summed E-state index contributed by atoms with van der Waals surface area (Å²) in [5, 5.41) is 0. The van der Waals surface area contributed by atoms with E-state index in [4.69, 9.17) is 13.8 Å². The summed E-state index contributed by atoms with van der Waals surface area (Å²) in [6.45, 7) is 4.10. The Balaban J connectivity index is 2.49. The van der Waals surface area contributed by atoms with Gasteiger partial charge in [0.15, 0.2) is 0 Å². The minimum atomic E-state index is -3.53. The molecule has 0 unspecified atom stereocenters. The number of fused-ring (bicyclic) bond motifs is 1. The largest absolute Gasteiger partial charge is 0.466 e. The fourth-order valence-corrected chi connectivity index (χ4v) is 4.08. The number of para-hydroxylation sites is 1. The predicted octanol–water partition coefficient (Wildman–Crippen LogP) is 3.24. The first-order valence-electron chi connectivity index (χ1n) is 7.10. The number of anilines is 1. The van der Waals surface area contributed by atoms with E-state index in [2.05, 4.69) is 0 Å². The summed E-state index contributed by atoms with van der Waals surface area (Å²) in [5.74, 6) is -0.459. The van der Waals surface area contributed by atoms with Gasteiger partial charge in [-0.1, -0.05) is 18.2 Å². The second-order valence-corrected chi connectivity index (χ2v) is 6.52. The van der Waals surface area contributed by atoms with Crippen LogP contribution in [0.3, 0.4) is 0 Å². The molecule has 1 aromatic carbocycles. The van der Waals surface area contributed by atoms with Crippen molar-refractivity contribution in [3.8, 4) is 0 Å². The molecule has 0 N–H and O–H groups in total. The first-order valence-corrected chi connectivity index (χ1v) is 8.60. The third-order valence-electron chi connectivity index (χ3n) is 3.19. The van der Waals surface area contributed by atoms with Gasteiger partial charge in [-0.2, -0.15) is 0 Å². The van der Waals surface area contributed by atoms with Gasteiger partial charge in [-0.15, -0.1) is 0 Å². The van der Waals surface area contributed by atoms with E-state index in [9.17, 15) is 9.36 Å². The molecule has 0 bridgehead atoms. The minimum Gasteiger partial charge on any atom is -0.466 e. The molecule has 22 heavy (non-hydrogen) atoms. The SMILES string of the molecule is CCOP(=O)(OCC)N1CC(C(=O)OC)=Cc2ccccc21. The van der Waals surface area contributed by atoms with Gasteiger partial charge in [-0.3, -0.25) is 13.7 Å². The zero-order valence-corrected chi connectivity index (χ0v) is 13.8. The second-order valence-electron chi connectivity index (χ2n) is 4.58. The Morgan fingerprint density at radius 1 is 1.23 bits per heavy atom. The van der Waals surface area contributed by atoms with E-state index in [-0.39, 0.29) is 19.8 Å². The van der Waals surface area contributed by atoms with Gasteiger partial charge in [0.1, 0.15) is 0 Å². The van der Waals surface area contributed by atoms with Gasteiger partial charge >= 0.3 is 13.7 Å². The zero-order valence-electron chi connectivity index (χ0n) is 12.9. The molecule has 0 atom stereocenters. The van der Waals surface area contributed by atoms with Gasteiger partial charge < -0.3 is 4.74 Å². The van der Waals surface area contributed by atoms with Crippen LogP contribution in [0, 0.1) is 0 Å². The van der Waals surface area contributed by atoms with Crippen molar-refractivity contribution in [3.63, 3.8) is 0 Å². The number of methoxy groups -OCH3 is 1. The molecule has 6 nitrogen and oxygen atoms in total. The van der Waals surface area contributed by atoms with Crippen LogP contribution in [0.4, 0.5) is 5.69 Å². The van der Waals surface area contributed by atoms with E-state index >= 15 is 0 Å². The first kappa shape index (κ1) is 16.7. The molecular weight excluding hydrogens is 305 g/mol. The van der Waals surface area contributed by atoms with Crippen LogP contribution in [0.1, 0.15) is 19.4 Å². The number of carbonyl (C=O) groups is 1. The lowest BCUT2D eigenvalue weighted by Gasteiger charge is -2.34. The van der Waals surface area contributed by atoms with Gasteiger partial charge in [0, 0.05) is 0 Å². The van der Waals surface area contributed by atoms with Crippen LogP contribution >= 0.6 is 7.75 Å². The number of hydrogen-bond acceptors (Lipinski definition) is 5. The summed E-state index contributed by atoms with van der Waals surface area (Å²) in [5.41, 5.74) is 1.88. The Labute approximate surface area is 130 Å². The topological polar surface area (TPSA) is 65.1 Å². The van der Waals surface area contributed by atoms with Crippen LogP contribution < -0.4 is 4.67 Å². The summed E-state index contributed by atoms with van der Waals surface area (Å²) < 4.78 is 30.2. The lowest BCUT2D eigenvalue weighted by Crippen LogP contribution is -2.30. The summed E-state index contributed by atoms with van der Waals surface area (Å²) in [7, 11) is -2.21. The molecule has 1 aromatic rings. The maximum Gasteiger partial charge on any atom is 0.435 e. The number of ether oxygens (including phenoxy) is 1. The Bertz CT molecular complexity index is 618. The molecule has 120 valence electrons. The first-order chi connectivity index (χ1) is 10.6. The summed E-state index contributed by atoms with van der Waals surface area (Å²) in [4.78, 5) is 11.9. The van der Waals surface area contributed by atoms with E-state index in [1.165, 1.54) is 11.8 Å². The molecular formula is C15H20NO5P. The van der Waals surface area contributed by atoms with Gasteiger partial charge in [0.25, 0.3) is 0 Å². The summed E-state index contributed by atoms with van der Waals surface area (Å²) in [6.07, 6.45) is 1.74. The molecule has 0 fully saturated rings. The molecule has 0 radical (unpaired) electrons.